The number of hydrogen-bond acceptors (Lipinski definition) is 7. The van der Waals surface area contributed by atoms with Gasteiger partial charge in [-0.15, -0.1) is 0 Å². The molecule has 0 atom stereocenters. The van der Waals surface area contributed by atoms with Gasteiger partial charge in [0.2, 0.25) is 0 Å². The molecular weight excluding hydrogens is 592 g/mol. The third-order valence-electron chi connectivity index (χ3n) is 5.98. The third-order valence-corrected chi connectivity index (χ3v) is 7.68. The number of nitrogens with zero attached hydrogens (tertiary/aromatic N) is 1. The van der Waals surface area contributed by atoms with Gasteiger partial charge in [-0.05, 0) is 111 Å². The van der Waals surface area contributed by atoms with Crippen molar-refractivity contribution in [3.8, 4) is 23.0 Å². The number of aromatic nitrogens is 1. The average molecular weight is 630 g/mol. The van der Waals surface area contributed by atoms with Crippen LogP contribution in [-0.2, 0) is 17.7 Å². The van der Waals surface area contributed by atoms with Gasteiger partial charge in [-0.1, -0.05) is 54.6 Å². The number of benzene rings is 4. The first kappa shape index (κ1) is 32.9. The molecule has 0 aliphatic heterocycles. The minimum Gasteiger partial charge on any atom is -0.441 e. The summed E-state index contributed by atoms with van der Waals surface area (Å²) in [5.74, 6) is 3.06. The summed E-state index contributed by atoms with van der Waals surface area (Å²) in [6.45, 7) is 8.19. The number of hydrogen-bond donors (Lipinski definition) is 1. The van der Waals surface area contributed by atoms with Gasteiger partial charge in [0.05, 0.1) is 24.6 Å². The zero-order valence-electron chi connectivity index (χ0n) is 25.3. The Kier molecular flexibility index (Phi) is 13.0. The van der Waals surface area contributed by atoms with Crippen molar-refractivity contribution in [2.24, 2.45) is 0 Å². The number of aliphatic hydroxyl groups excluding tert-OH is 1. The standard InChI is InChI=1S/C21H22NO4P.C14H15O2P/c1-16-6-3-10-20(12-16)25-27(26-21-11-4-7-17(2)13-21)24-15-19-9-5-8-18(14-23)22-19;1-11-5-3-7-13(9-11)15-17-16-14-8-4-6-12(2)10-14/h3-13,23H,14-15H2,1-2H3;3-10,17H,1-2H3. The fraction of sp³-hybridized carbons (Fsp3) is 0.171. The molecule has 0 saturated heterocycles. The van der Waals surface area contributed by atoms with Crippen molar-refractivity contribution in [1.82, 2.24) is 4.98 Å². The summed E-state index contributed by atoms with van der Waals surface area (Å²) < 4.78 is 28.9. The number of aryl methyl sites for hydroxylation is 4. The Balaban J connectivity index is 0.000000223. The Morgan fingerprint density at radius 3 is 1.43 bits per heavy atom. The second-order valence-corrected chi connectivity index (χ2v) is 11.7. The van der Waals surface area contributed by atoms with Gasteiger partial charge in [-0.2, -0.15) is 0 Å². The zero-order valence-corrected chi connectivity index (χ0v) is 27.2. The van der Waals surface area contributed by atoms with Crippen molar-refractivity contribution in [1.29, 1.82) is 0 Å². The Labute approximate surface area is 262 Å². The van der Waals surface area contributed by atoms with Crippen molar-refractivity contribution in [3.63, 3.8) is 0 Å². The van der Waals surface area contributed by atoms with Gasteiger partial charge < -0.3 is 23.2 Å². The van der Waals surface area contributed by atoms with Gasteiger partial charge in [0.1, 0.15) is 23.0 Å². The molecule has 44 heavy (non-hydrogen) atoms. The molecule has 0 unspecified atom stereocenters. The Bertz CT molecular complexity index is 1520. The summed E-state index contributed by atoms with van der Waals surface area (Å²) in [5, 5.41) is 9.23. The van der Waals surface area contributed by atoms with E-state index < -0.39 is 8.60 Å². The van der Waals surface area contributed by atoms with Gasteiger partial charge in [-0.25, -0.2) is 0 Å². The summed E-state index contributed by atoms with van der Waals surface area (Å²) in [4.78, 5) is 4.33. The van der Waals surface area contributed by atoms with E-state index in [9.17, 15) is 5.11 Å². The first-order chi connectivity index (χ1) is 21.4. The molecular formula is C35H37NO6P2. The summed E-state index contributed by atoms with van der Waals surface area (Å²) in [6, 6.07) is 36.8. The Morgan fingerprint density at radius 2 is 0.977 bits per heavy atom. The van der Waals surface area contributed by atoms with E-state index in [2.05, 4.69) is 4.98 Å². The van der Waals surface area contributed by atoms with E-state index in [0.29, 0.717) is 22.9 Å². The first-order valence-electron chi connectivity index (χ1n) is 14.1. The van der Waals surface area contributed by atoms with Crippen molar-refractivity contribution in [2.45, 2.75) is 40.9 Å². The predicted octanol–water partition coefficient (Wildman–Crippen LogP) is 9.36. The topological polar surface area (TPSA) is 79.3 Å². The molecule has 5 aromatic rings. The van der Waals surface area contributed by atoms with E-state index in [1.807, 2.05) is 137 Å². The van der Waals surface area contributed by atoms with E-state index >= 15 is 0 Å². The van der Waals surface area contributed by atoms with Crippen molar-refractivity contribution in [2.75, 3.05) is 0 Å². The summed E-state index contributed by atoms with van der Waals surface area (Å²) in [7, 11) is -1.70. The molecule has 0 fully saturated rings. The first-order valence-corrected chi connectivity index (χ1v) is 16.0. The van der Waals surface area contributed by atoms with E-state index in [1.54, 1.807) is 6.07 Å². The monoisotopic (exact) mass is 629 g/mol. The van der Waals surface area contributed by atoms with Crippen LogP contribution in [0, 0.1) is 27.7 Å². The maximum atomic E-state index is 9.23. The number of pyridine rings is 1. The quantitative estimate of drug-likeness (QED) is 0.138. The average Bonchev–Trinajstić information content (AvgIpc) is 3.00. The summed E-state index contributed by atoms with van der Waals surface area (Å²) in [5.41, 5.74) is 5.85. The van der Waals surface area contributed by atoms with Crippen LogP contribution in [0.15, 0.2) is 115 Å². The molecule has 0 spiro atoms. The van der Waals surface area contributed by atoms with Crippen molar-refractivity contribution >= 4 is 17.6 Å². The number of rotatable bonds is 12. The van der Waals surface area contributed by atoms with Crippen LogP contribution in [0.4, 0.5) is 0 Å². The largest absolute Gasteiger partial charge is 0.463 e. The van der Waals surface area contributed by atoms with Crippen LogP contribution >= 0.6 is 17.6 Å². The van der Waals surface area contributed by atoms with E-state index in [1.165, 1.54) is 11.1 Å². The van der Waals surface area contributed by atoms with Gasteiger partial charge in [0.25, 0.3) is 9.03 Å². The van der Waals surface area contributed by atoms with Crippen LogP contribution in [0.5, 0.6) is 23.0 Å². The lowest BCUT2D eigenvalue weighted by Crippen LogP contribution is -2.03. The highest BCUT2D eigenvalue weighted by Gasteiger charge is 2.18. The van der Waals surface area contributed by atoms with Crippen LogP contribution in [0.1, 0.15) is 33.6 Å². The fourth-order valence-electron chi connectivity index (χ4n) is 3.88. The van der Waals surface area contributed by atoms with Crippen molar-refractivity contribution in [3.05, 3.63) is 149 Å². The zero-order chi connectivity index (χ0) is 31.1. The SMILES string of the molecule is Cc1cccc(OP(OCc2cccc(CO)n2)Oc2cccc(C)c2)c1.Cc1cccc(OPOc2cccc(C)c2)c1. The van der Waals surface area contributed by atoms with Gasteiger partial charge in [-0.3, -0.25) is 9.51 Å². The minimum absolute atomic E-state index is 0.0202. The lowest BCUT2D eigenvalue weighted by Gasteiger charge is -2.18. The van der Waals surface area contributed by atoms with Crippen LogP contribution in [0.3, 0.4) is 0 Å². The molecule has 0 amide bonds. The van der Waals surface area contributed by atoms with Crippen LogP contribution in [-0.4, -0.2) is 10.1 Å². The minimum atomic E-state index is -1.68. The highest BCUT2D eigenvalue weighted by Crippen LogP contribution is 2.42. The van der Waals surface area contributed by atoms with Crippen molar-refractivity contribution < 1.29 is 27.7 Å². The molecule has 7 nitrogen and oxygen atoms in total. The second kappa shape index (κ2) is 17.3. The Hall–Kier alpha value is -3.99. The van der Waals surface area contributed by atoms with E-state index in [4.69, 9.17) is 22.6 Å². The van der Waals surface area contributed by atoms with Crippen LogP contribution in [0.2, 0.25) is 0 Å². The molecule has 0 aliphatic rings. The lowest BCUT2D eigenvalue weighted by atomic mass is 10.2. The smallest absolute Gasteiger partial charge is 0.441 e. The van der Waals surface area contributed by atoms with E-state index in [0.717, 1.165) is 22.6 Å². The maximum absolute atomic E-state index is 9.23. The summed E-state index contributed by atoms with van der Waals surface area (Å²) >= 11 is 0. The molecule has 5 rings (SSSR count). The Morgan fingerprint density at radius 1 is 0.568 bits per heavy atom. The highest BCUT2D eigenvalue weighted by molar-refractivity contribution is 7.42. The number of aliphatic hydroxyl groups is 1. The summed E-state index contributed by atoms with van der Waals surface area (Å²) in [6.07, 6.45) is 0. The van der Waals surface area contributed by atoms with Gasteiger partial charge >= 0.3 is 8.60 Å². The van der Waals surface area contributed by atoms with Crippen LogP contribution < -0.4 is 18.1 Å². The molecule has 1 aromatic heterocycles. The molecule has 0 radical (unpaired) electrons. The van der Waals surface area contributed by atoms with E-state index in [-0.39, 0.29) is 22.2 Å². The molecule has 1 heterocycles. The second-order valence-electron chi connectivity index (χ2n) is 10.0. The maximum Gasteiger partial charge on any atom is 0.463 e. The van der Waals surface area contributed by atoms with Crippen LogP contribution in [0.25, 0.3) is 0 Å². The highest BCUT2D eigenvalue weighted by atomic mass is 31.2. The molecule has 1 N–H and O–H groups in total. The molecule has 228 valence electrons. The third kappa shape index (κ3) is 11.6. The van der Waals surface area contributed by atoms with Gasteiger partial charge in [0.15, 0.2) is 0 Å². The van der Waals surface area contributed by atoms with Gasteiger partial charge in [0, 0.05) is 0 Å². The normalized spacial score (nSPS) is 10.5. The predicted molar refractivity (Wildman–Crippen MR) is 177 cm³/mol. The molecule has 0 bridgehead atoms. The molecule has 0 saturated carbocycles. The molecule has 4 aromatic carbocycles. The molecule has 0 aliphatic carbocycles. The lowest BCUT2D eigenvalue weighted by molar-refractivity contribution is 0.250. The fourth-order valence-corrected chi connectivity index (χ4v) is 5.32. The molecule has 9 heteroatoms.